The molecule has 0 saturated carbocycles. The number of rotatable bonds is 5. The highest BCUT2D eigenvalue weighted by atomic mass is 79.9. The van der Waals surface area contributed by atoms with Crippen LogP contribution in [0.2, 0.25) is 0 Å². The quantitative estimate of drug-likeness (QED) is 0.670. The SMILES string of the molecule is CCCOCC(=O)Nc1cc(F)c(Br)cc1F. The van der Waals surface area contributed by atoms with Crippen LogP contribution in [0.4, 0.5) is 14.5 Å². The highest BCUT2D eigenvalue weighted by molar-refractivity contribution is 9.10. The van der Waals surface area contributed by atoms with Crippen LogP contribution in [0.3, 0.4) is 0 Å². The molecule has 6 heteroatoms. The summed E-state index contributed by atoms with van der Waals surface area (Å²) in [5, 5.41) is 2.24. The molecule has 0 aliphatic rings. The Kier molecular flexibility index (Phi) is 5.50. The highest BCUT2D eigenvalue weighted by Gasteiger charge is 2.11. The molecule has 0 atom stereocenters. The van der Waals surface area contributed by atoms with E-state index >= 15 is 0 Å². The fourth-order valence-electron chi connectivity index (χ4n) is 1.11. The summed E-state index contributed by atoms with van der Waals surface area (Å²) >= 11 is 2.85. The van der Waals surface area contributed by atoms with E-state index in [0.717, 1.165) is 18.6 Å². The molecule has 1 aromatic rings. The Hall–Kier alpha value is -1.01. The van der Waals surface area contributed by atoms with Crippen molar-refractivity contribution in [3.8, 4) is 0 Å². The fourth-order valence-corrected chi connectivity index (χ4v) is 1.43. The molecule has 0 bridgehead atoms. The average molecular weight is 308 g/mol. The van der Waals surface area contributed by atoms with Gasteiger partial charge in [0.15, 0.2) is 0 Å². The summed E-state index contributed by atoms with van der Waals surface area (Å²) in [4.78, 5) is 11.3. The highest BCUT2D eigenvalue weighted by Crippen LogP contribution is 2.23. The zero-order valence-corrected chi connectivity index (χ0v) is 10.8. The van der Waals surface area contributed by atoms with Gasteiger partial charge in [-0.05, 0) is 28.4 Å². The second-order valence-corrected chi connectivity index (χ2v) is 4.20. The Balaban J connectivity index is 2.62. The summed E-state index contributed by atoms with van der Waals surface area (Å²) in [6, 6.07) is 1.87. The number of amides is 1. The predicted molar refractivity (Wildman–Crippen MR) is 63.8 cm³/mol. The molecule has 0 spiro atoms. The van der Waals surface area contributed by atoms with Gasteiger partial charge >= 0.3 is 0 Å². The maximum absolute atomic E-state index is 13.3. The van der Waals surface area contributed by atoms with E-state index in [4.69, 9.17) is 4.74 Å². The molecular weight excluding hydrogens is 296 g/mol. The Morgan fingerprint density at radius 3 is 2.76 bits per heavy atom. The molecule has 17 heavy (non-hydrogen) atoms. The molecule has 94 valence electrons. The van der Waals surface area contributed by atoms with Crippen molar-refractivity contribution < 1.29 is 18.3 Å². The first kappa shape index (κ1) is 14.1. The van der Waals surface area contributed by atoms with Crippen molar-refractivity contribution in [2.24, 2.45) is 0 Å². The number of hydrogen-bond acceptors (Lipinski definition) is 2. The number of carbonyl (C=O) groups excluding carboxylic acids is 1. The van der Waals surface area contributed by atoms with E-state index in [1.807, 2.05) is 6.92 Å². The molecule has 1 amide bonds. The molecule has 1 N–H and O–H groups in total. The number of benzene rings is 1. The Morgan fingerprint density at radius 2 is 2.12 bits per heavy atom. The Morgan fingerprint density at radius 1 is 1.41 bits per heavy atom. The lowest BCUT2D eigenvalue weighted by Crippen LogP contribution is -2.19. The minimum atomic E-state index is -0.706. The summed E-state index contributed by atoms with van der Waals surface area (Å²) < 4.78 is 31.4. The first-order chi connectivity index (χ1) is 8.04. The maximum atomic E-state index is 13.3. The smallest absolute Gasteiger partial charge is 0.250 e. The van der Waals surface area contributed by atoms with Crippen molar-refractivity contribution >= 4 is 27.5 Å². The van der Waals surface area contributed by atoms with Gasteiger partial charge in [-0.15, -0.1) is 0 Å². The van der Waals surface area contributed by atoms with Gasteiger partial charge in [0.25, 0.3) is 0 Å². The van der Waals surface area contributed by atoms with E-state index in [1.54, 1.807) is 0 Å². The van der Waals surface area contributed by atoms with Gasteiger partial charge in [-0.25, -0.2) is 8.78 Å². The van der Waals surface area contributed by atoms with Crippen molar-refractivity contribution in [1.82, 2.24) is 0 Å². The Bertz CT molecular complexity index is 413. The van der Waals surface area contributed by atoms with Crippen LogP contribution in [-0.4, -0.2) is 19.1 Å². The lowest BCUT2D eigenvalue weighted by molar-refractivity contribution is -0.120. The van der Waals surface area contributed by atoms with Crippen LogP contribution in [0.1, 0.15) is 13.3 Å². The third-order valence-electron chi connectivity index (χ3n) is 1.87. The minimum absolute atomic E-state index is 0.00947. The van der Waals surface area contributed by atoms with E-state index < -0.39 is 17.5 Å². The molecule has 0 aliphatic heterocycles. The summed E-state index contributed by atoms with van der Waals surface area (Å²) in [6.07, 6.45) is 0.786. The fraction of sp³-hybridized carbons (Fsp3) is 0.364. The Labute approximate surface area is 106 Å². The molecule has 0 radical (unpaired) electrons. The topological polar surface area (TPSA) is 38.3 Å². The predicted octanol–water partition coefficient (Wildman–Crippen LogP) is 3.09. The number of halogens is 3. The van der Waals surface area contributed by atoms with Gasteiger partial charge < -0.3 is 10.1 Å². The molecule has 0 saturated heterocycles. The average Bonchev–Trinajstić information content (AvgIpc) is 2.26. The van der Waals surface area contributed by atoms with E-state index in [-0.39, 0.29) is 16.8 Å². The summed E-state index contributed by atoms with van der Waals surface area (Å²) in [5.41, 5.74) is -0.198. The van der Waals surface area contributed by atoms with Crippen molar-refractivity contribution in [1.29, 1.82) is 0 Å². The standard InChI is InChI=1S/C11H12BrF2NO2/c1-2-3-17-6-11(16)15-10-5-8(13)7(12)4-9(10)14/h4-5H,2-3,6H2,1H3,(H,15,16). The second kappa shape index (κ2) is 6.66. The molecule has 0 heterocycles. The van der Waals surface area contributed by atoms with E-state index in [1.165, 1.54) is 0 Å². The molecule has 1 aromatic carbocycles. The normalized spacial score (nSPS) is 10.4. The summed E-state index contributed by atoms with van der Waals surface area (Å²) in [6.45, 7) is 2.18. The maximum Gasteiger partial charge on any atom is 0.250 e. The zero-order valence-electron chi connectivity index (χ0n) is 9.23. The first-order valence-electron chi connectivity index (χ1n) is 5.06. The molecule has 1 rings (SSSR count). The van der Waals surface area contributed by atoms with Gasteiger partial charge in [-0.1, -0.05) is 6.92 Å². The minimum Gasteiger partial charge on any atom is -0.372 e. The number of nitrogens with one attached hydrogen (secondary N) is 1. The van der Waals surface area contributed by atoms with Gasteiger partial charge in [0.2, 0.25) is 5.91 Å². The number of hydrogen-bond donors (Lipinski definition) is 1. The second-order valence-electron chi connectivity index (χ2n) is 3.35. The van der Waals surface area contributed by atoms with E-state index in [2.05, 4.69) is 21.2 Å². The van der Waals surface area contributed by atoms with Crippen molar-refractivity contribution in [3.63, 3.8) is 0 Å². The van der Waals surface area contributed by atoms with Crippen LogP contribution in [0.25, 0.3) is 0 Å². The summed E-state index contributed by atoms with van der Waals surface area (Å²) in [5.74, 6) is -1.86. The van der Waals surface area contributed by atoms with Crippen molar-refractivity contribution in [2.45, 2.75) is 13.3 Å². The van der Waals surface area contributed by atoms with E-state index in [0.29, 0.717) is 6.61 Å². The van der Waals surface area contributed by atoms with Crippen molar-refractivity contribution in [3.05, 3.63) is 28.2 Å². The molecule has 0 aromatic heterocycles. The van der Waals surface area contributed by atoms with Crippen LogP contribution < -0.4 is 5.32 Å². The van der Waals surface area contributed by atoms with Gasteiger partial charge in [-0.2, -0.15) is 0 Å². The van der Waals surface area contributed by atoms with Crippen LogP contribution in [-0.2, 0) is 9.53 Å². The van der Waals surface area contributed by atoms with Crippen molar-refractivity contribution in [2.75, 3.05) is 18.5 Å². The van der Waals surface area contributed by atoms with Gasteiger partial charge in [0.1, 0.15) is 18.2 Å². The molecule has 0 aliphatic carbocycles. The van der Waals surface area contributed by atoms with Gasteiger partial charge in [0, 0.05) is 12.7 Å². The molecule has 0 unspecified atom stereocenters. The third kappa shape index (κ3) is 4.40. The van der Waals surface area contributed by atoms with Crippen LogP contribution in [0.15, 0.2) is 16.6 Å². The van der Waals surface area contributed by atoms with E-state index in [9.17, 15) is 13.6 Å². The largest absolute Gasteiger partial charge is 0.372 e. The lowest BCUT2D eigenvalue weighted by atomic mass is 10.3. The number of carbonyl (C=O) groups is 1. The van der Waals surface area contributed by atoms with Gasteiger partial charge in [-0.3, -0.25) is 4.79 Å². The zero-order chi connectivity index (χ0) is 12.8. The first-order valence-corrected chi connectivity index (χ1v) is 5.86. The molecule has 0 fully saturated rings. The van der Waals surface area contributed by atoms with Crippen LogP contribution in [0, 0.1) is 11.6 Å². The molecule has 3 nitrogen and oxygen atoms in total. The monoisotopic (exact) mass is 307 g/mol. The lowest BCUT2D eigenvalue weighted by Gasteiger charge is -2.07. The number of anilines is 1. The van der Waals surface area contributed by atoms with Crippen LogP contribution in [0.5, 0.6) is 0 Å². The molecular formula is C11H12BrF2NO2. The third-order valence-corrected chi connectivity index (χ3v) is 2.47. The van der Waals surface area contributed by atoms with Crippen LogP contribution >= 0.6 is 15.9 Å². The van der Waals surface area contributed by atoms with Gasteiger partial charge in [0.05, 0.1) is 10.2 Å². The summed E-state index contributed by atoms with van der Waals surface area (Å²) in [7, 11) is 0. The number of ether oxygens (including phenoxy) is 1.